The van der Waals surface area contributed by atoms with Gasteiger partial charge in [0.15, 0.2) is 5.82 Å². The van der Waals surface area contributed by atoms with Crippen molar-refractivity contribution in [3.63, 3.8) is 0 Å². The van der Waals surface area contributed by atoms with Crippen LogP contribution >= 0.6 is 11.6 Å². The standard InChI is InChI=1S/C15H19ClN8O/c1-8(2)24(3-4-25)15-19-13(12-14(20-15)22-23-21-12)18-11-6-9(16)5-10(17)7-11/h5-8,25H,3-4,17H2,1-2H3,(H2,18,19,20,21,22,23). The lowest BCUT2D eigenvalue weighted by Crippen LogP contribution is -2.35. The van der Waals surface area contributed by atoms with E-state index in [-0.39, 0.29) is 12.6 Å². The summed E-state index contributed by atoms with van der Waals surface area (Å²) in [5, 5.41) is 23.6. The van der Waals surface area contributed by atoms with Gasteiger partial charge in [-0.3, -0.25) is 5.10 Å². The molecule has 2 heterocycles. The second kappa shape index (κ2) is 7.08. The summed E-state index contributed by atoms with van der Waals surface area (Å²) in [4.78, 5) is 10.9. The topological polar surface area (TPSA) is 129 Å². The smallest absolute Gasteiger partial charge is 0.229 e. The summed E-state index contributed by atoms with van der Waals surface area (Å²) in [7, 11) is 0. The number of aromatic nitrogens is 5. The molecule has 2 aromatic heterocycles. The highest BCUT2D eigenvalue weighted by Gasteiger charge is 2.18. The fraction of sp³-hybridized carbons (Fsp3) is 0.333. The van der Waals surface area contributed by atoms with Gasteiger partial charge in [-0.1, -0.05) is 16.8 Å². The third kappa shape index (κ3) is 3.72. The van der Waals surface area contributed by atoms with Crippen molar-refractivity contribution in [3.8, 4) is 0 Å². The van der Waals surface area contributed by atoms with E-state index in [1.165, 1.54) is 0 Å². The molecule has 5 N–H and O–H groups in total. The number of benzene rings is 1. The van der Waals surface area contributed by atoms with Crippen LogP contribution in [0.3, 0.4) is 0 Å². The SMILES string of the molecule is CC(C)N(CCO)c1nc(Nc2cc(N)cc(Cl)c2)c2[nH]nnc2n1. The third-order valence-corrected chi connectivity index (χ3v) is 3.81. The van der Waals surface area contributed by atoms with Gasteiger partial charge < -0.3 is 21.1 Å². The molecule has 0 saturated carbocycles. The van der Waals surface area contributed by atoms with E-state index < -0.39 is 0 Å². The van der Waals surface area contributed by atoms with Gasteiger partial charge in [0.05, 0.1) is 6.61 Å². The molecule has 0 aliphatic rings. The Morgan fingerprint density at radius 2 is 2.12 bits per heavy atom. The van der Waals surface area contributed by atoms with Crippen LogP contribution < -0.4 is 16.0 Å². The lowest BCUT2D eigenvalue weighted by molar-refractivity contribution is 0.298. The lowest BCUT2D eigenvalue weighted by Gasteiger charge is -2.26. The number of hydrogen-bond donors (Lipinski definition) is 4. The second-order valence-electron chi connectivity index (χ2n) is 5.79. The Kier molecular flexibility index (Phi) is 4.86. The molecular weight excluding hydrogens is 344 g/mol. The van der Waals surface area contributed by atoms with Crippen LogP contribution in [0, 0.1) is 0 Å². The number of nitrogens with zero attached hydrogens (tertiary/aromatic N) is 5. The van der Waals surface area contributed by atoms with Gasteiger partial charge in [-0.15, -0.1) is 5.10 Å². The first kappa shape index (κ1) is 17.2. The Morgan fingerprint density at radius 1 is 1.32 bits per heavy atom. The minimum atomic E-state index is -0.00796. The van der Waals surface area contributed by atoms with E-state index in [4.69, 9.17) is 17.3 Å². The Balaban J connectivity index is 2.05. The molecule has 3 aromatic rings. The average Bonchev–Trinajstić information content (AvgIpc) is 3.00. The highest BCUT2D eigenvalue weighted by molar-refractivity contribution is 6.31. The van der Waals surface area contributed by atoms with Crippen molar-refractivity contribution in [3.05, 3.63) is 23.2 Å². The number of nitrogens with one attached hydrogen (secondary N) is 2. The van der Waals surface area contributed by atoms with Crippen molar-refractivity contribution < 1.29 is 5.11 Å². The Bertz CT molecular complexity index is 861. The predicted molar refractivity (Wildman–Crippen MR) is 98.2 cm³/mol. The summed E-state index contributed by atoms with van der Waals surface area (Å²) >= 11 is 6.06. The Labute approximate surface area is 149 Å². The summed E-state index contributed by atoms with van der Waals surface area (Å²) in [6.45, 7) is 4.39. The van der Waals surface area contributed by atoms with Crippen LogP contribution in [-0.4, -0.2) is 49.7 Å². The van der Waals surface area contributed by atoms with E-state index >= 15 is 0 Å². The Morgan fingerprint density at radius 3 is 2.80 bits per heavy atom. The first-order chi connectivity index (χ1) is 12.0. The van der Waals surface area contributed by atoms with Crippen LogP contribution in [-0.2, 0) is 0 Å². The zero-order valence-electron chi connectivity index (χ0n) is 13.9. The van der Waals surface area contributed by atoms with Crippen LogP contribution in [0.5, 0.6) is 0 Å². The molecule has 0 atom stereocenters. The number of anilines is 4. The maximum atomic E-state index is 9.31. The van der Waals surface area contributed by atoms with Crippen molar-refractivity contribution in [2.24, 2.45) is 0 Å². The fourth-order valence-electron chi connectivity index (χ4n) is 2.47. The molecule has 0 saturated heterocycles. The van der Waals surface area contributed by atoms with Gasteiger partial charge in [0.1, 0.15) is 5.52 Å². The van der Waals surface area contributed by atoms with Crippen LogP contribution in [0.4, 0.5) is 23.1 Å². The van der Waals surface area contributed by atoms with Crippen molar-refractivity contribution in [2.45, 2.75) is 19.9 Å². The number of aliphatic hydroxyl groups excluding tert-OH is 1. The van der Waals surface area contributed by atoms with Gasteiger partial charge in [-0.05, 0) is 32.0 Å². The third-order valence-electron chi connectivity index (χ3n) is 3.59. The molecule has 0 aliphatic carbocycles. The first-order valence-electron chi connectivity index (χ1n) is 7.77. The minimum Gasteiger partial charge on any atom is -0.399 e. The Hall–Kier alpha value is -2.65. The molecule has 0 radical (unpaired) electrons. The van der Waals surface area contributed by atoms with Gasteiger partial charge >= 0.3 is 0 Å². The van der Waals surface area contributed by atoms with Crippen molar-refractivity contribution in [1.29, 1.82) is 0 Å². The number of H-pyrrole nitrogens is 1. The van der Waals surface area contributed by atoms with E-state index in [0.717, 1.165) is 0 Å². The normalized spacial score (nSPS) is 11.2. The van der Waals surface area contributed by atoms with E-state index in [1.807, 2.05) is 18.7 Å². The summed E-state index contributed by atoms with van der Waals surface area (Å²) in [5.74, 6) is 0.943. The molecule has 0 bridgehead atoms. The number of hydrogen-bond acceptors (Lipinski definition) is 8. The number of aromatic amines is 1. The van der Waals surface area contributed by atoms with E-state index in [9.17, 15) is 5.11 Å². The van der Waals surface area contributed by atoms with Crippen molar-refractivity contribution in [2.75, 3.05) is 29.1 Å². The molecule has 0 aliphatic heterocycles. The molecule has 1 aromatic carbocycles. The summed E-state index contributed by atoms with van der Waals surface area (Å²) in [6, 6.07) is 5.25. The number of halogens is 1. The maximum absolute atomic E-state index is 9.31. The molecule has 10 heteroatoms. The molecular formula is C15H19ClN8O. The van der Waals surface area contributed by atoms with Gasteiger partial charge in [-0.25, -0.2) is 0 Å². The van der Waals surface area contributed by atoms with E-state index in [1.54, 1.807) is 18.2 Å². The van der Waals surface area contributed by atoms with Gasteiger partial charge in [0.25, 0.3) is 0 Å². The summed E-state index contributed by atoms with van der Waals surface area (Å²) in [6.07, 6.45) is 0. The van der Waals surface area contributed by atoms with E-state index in [2.05, 4.69) is 30.7 Å². The molecule has 3 rings (SSSR count). The number of nitrogen functional groups attached to an aromatic ring is 1. The van der Waals surface area contributed by atoms with E-state index in [0.29, 0.717) is 45.9 Å². The number of nitrogens with two attached hydrogens (primary N) is 1. The number of rotatable bonds is 6. The first-order valence-corrected chi connectivity index (χ1v) is 8.15. The molecule has 0 fully saturated rings. The van der Waals surface area contributed by atoms with Crippen LogP contribution in [0.1, 0.15) is 13.8 Å². The molecule has 0 spiro atoms. The van der Waals surface area contributed by atoms with Crippen LogP contribution in [0.15, 0.2) is 18.2 Å². The van der Waals surface area contributed by atoms with Gasteiger partial charge in [0.2, 0.25) is 11.6 Å². The fourth-order valence-corrected chi connectivity index (χ4v) is 2.72. The zero-order valence-corrected chi connectivity index (χ0v) is 14.6. The highest BCUT2D eigenvalue weighted by Crippen LogP contribution is 2.27. The average molecular weight is 363 g/mol. The predicted octanol–water partition coefficient (Wildman–Crippen LogP) is 1.93. The highest BCUT2D eigenvalue weighted by atomic mass is 35.5. The molecule has 132 valence electrons. The van der Waals surface area contributed by atoms with Gasteiger partial charge in [0, 0.05) is 29.0 Å². The van der Waals surface area contributed by atoms with Crippen LogP contribution in [0.25, 0.3) is 11.2 Å². The largest absolute Gasteiger partial charge is 0.399 e. The summed E-state index contributed by atoms with van der Waals surface area (Å²) < 4.78 is 0. The minimum absolute atomic E-state index is 0.00796. The quantitative estimate of drug-likeness (QED) is 0.489. The van der Waals surface area contributed by atoms with Crippen LogP contribution in [0.2, 0.25) is 5.02 Å². The lowest BCUT2D eigenvalue weighted by atomic mass is 10.3. The molecule has 0 unspecified atom stereocenters. The summed E-state index contributed by atoms with van der Waals surface area (Å²) in [5.41, 5.74) is 8.04. The second-order valence-corrected chi connectivity index (χ2v) is 6.23. The molecule has 25 heavy (non-hydrogen) atoms. The molecule has 0 amide bonds. The number of aliphatic hydroxyl groups is 1. The number of fused-ring (bicyclic) bond motifs is 1. The maximum Gasteiger partial charge on any atom is 0.229 e. The molecule has 9 nitrogen and oxygen atoms in total. The van der Waals surface area contributed by atoms with Gasteiger partial charge in [-0.2, -0.15) is 9.97 Å². The monoisotopic (exact) mass is 362 g/mol. The van der Waals surface area contributed by atoms with Crippen molar-refractivity contribution in [1.82, 2.24) is 25.4 Å². The zero-order chi connectivity index (χ0) is 18.0. The van der Waals surface area contributed by atoms with Crippen molar-refractivity contribution >= 4 is 45.9 Å².